The normalized spacial score (nSPS) is 12.6. The quantitative estimate of drug-likeness (QED) is 0.689. The summed E-state index contributed by atoms with van der Waals surface area (Å²) >= 11 is 0. The van der Waals surface area contributed by atoms with E-state index in [1.54, 1.807) is 18.2 Å². The predicted octanol–water partition coefficient (Wildman–Crippen LogP) is 3.77. The molecule has 0 N–H and O–H groups in total. The summed E-state index contributed by atoms with van der Waals surface area (Å²) in [6, 6.07) is 6.01. The van der Waals surface area contributed by atoms with Gasteiger partial charge in [0.1, 0.15) is 11.6 Å². The van der Waals surface area contributed by atoms with E-state index in [0.29, 0.717) is 18.3 Å². The molecule has 1 aromatic rings. The summed E-state index contributed by atoms with van der Waals surface area (Å²) in [5.41, 5.74) is 0. The van der Waals surface area contributed by atoms with Crippen molar-refractivity contribution in [1.29, 1.82) is 0 Å². The Morgan fingerprint density at radius 2 is 2.06 bits per heavy atom. The molecule has 0 amide bonds. The van der Waals surface area contributed by atoms with Crippen molar-refractivity contribution < 1.29 is 13.9 Å². The Morgan fingerprint density at radius 1 is 1.39 bits per heavy atom. The number of halogens is 1. The third kappa shape index (κ3) is 6.18. The molecule has 0 spiro atoms. The van der Waals surface area contributed by atoms with Gasteiger partial charge in [0.25, 0.3) is 0 Å². The Balaban J connectivity index is 2.22. The summed E-state index contributed by atoms with van der Waals surface area (Å²) in [6.07, 6.45) is 5.31. The van der Waals surface area contributed by atoms with Crippen molar-refractivity contribution in [1.82, 2.24) is 0 Å². The van der Waals surface area contributed by atoms with Gasteiger partial charge in [-0.2, -0.15) is 0 Å². The standard InChI is InChI=1S/C15H19FO2/c1-12(5-3-4-6-13(2)17)11-18-15-9-7-14(16)8-10-15/h4,6-10,12H,3,5,11H2,1-2H3/b6-4+/t12-/m1/s1. The van der Waals surface area contributed by atoms with E-state index in [1.165, 1.54) is 19.1 Å². The van der Waals surface area contributed by atoms with Gasteiger partial charge in [-0.05, 0) is 56.0 Å². The molecule has 18 heavy (non-hydrogen) atoms. The molecule has 1 atom stereocenters. The van der Waals surface area contributed by atoms with Gasteiger partial charge in [-0.25, -0.2) is 4.39 Å². The number of rotatable bonds is 7. The van der Waals surface area contributed by atoms with E-state index in [-0.39, 0.29) is 11.6 Å². The highest BCUT2D eigenvalue weighted by molar-refractivity contribution is 5.87. The molecule has 0 bridgehead atoms. The molecule has 0 unspecified atom stereocenters. The van der Waals surface area contributed by atoms with Crippen LogP contribution in [0.3, 0.4) is 0 Å². The molecule has 0 saturated heterocycles. The third-order valence-electron chi connectivity index (χ3n) is 2.53. The maximum absolute atomic E-state index is 12.7. The SMILES string of the molecule is CC(=O)/C=C/CC[C@@H](C)COc1ccc(F)cc1. The van der Waals surface area contributed by atoms with Gasteiger partial charge in [-0.3, -0.25) is 4.79 Å². The lowest BCUT2D eigenvalue weighted by Gasteiger charge is -2.11. The molecule has 0 aliphatic rings. The molecule has 1 rings (SSSR count). The first-order valence-corrected chi connectivity index (χ1v) is 6.13. The number of carbonyl (C=O) groups is 1. The van der Waals surface area contributed by atoms with Crippen LogP contribution in [0.5, 0.6) is 5.75 Å². The van der Waals surface area contributed by atoms with E-state index in [2.05, 4.69) is 6.92 Å². The number of ether oxygens (including phenoxy) is 1. The second-order valence-corrected chi connectivity index (χ2v) is 4.46. The van der Waals surface area contributed by atoms with Crippen LogP contribution in [0.15, 0.2) is 36.4 Å². The Hall–Kier alpha value is -1.64. The van der Waals surface area contributed by atoms with E-state index in [4.69, 9.17) is 4.74 Å². The minimum absolute atomic E-state index is 0.0743. The number of benzene rings is 1. The fourth-order valence-corrected chi connectivity index (χ4v) is 1.48. The van der Waals surface area contributed by atoms with E-state index < -0.39 is 0 Å². The van der Waals surface area contributed by atoms with Crippen molar-refractivity contribution in [3.8, 4) is 5.75 Å². The van der Waals surface area contributed by atoms with Crippen molar-refractivity contribution in [3.63, 3.8) is 0 Å². The third-order valence-corrected chi connectivity index (χ3v) is 2.53. The summed E-state index contributed by atoms with van der Waals surface area (Å²) < 4.78 is 18.2. The molecule has 0 heterocycles. The lowest BCUT2D eigenvalue weighted by molar-refractivity contribution is -0.112. The zero-order chi connectivity index (χ0) is 13.4. The molecular weight excluding hydrogens is 231 g/mol. The van der Waals surface area contributed by atoms with Gasteiger partial charge >= 0.3 is 0 Å². The zero-order valence-electron chi connectivity index (χ0n) is 10.9. The molecule has 98 valence electrons. The van der Waals surface area contributed by atoms with Crippen molar-refractivity contribution >= 4 is 5.78 Å². The van der Waals surface area contributed by atoms with Crippen molar-refractivity contribution in [2.45, 2.75) is 26.7 Å². The number of allylic oxidation sites excluding steroid dienone is 2. The van der Waals surface area contributed by atoms with Crippen LogP contribution in [0.1, 0.15) is 26.7 Å². The second kappa shape index (κ2) is 7.64. The second-order valence-electron chi connectivity index (χ2n) is 4.46. The highest BCUT2D eigenvalue weighted by Gasteiger charge is 2.02. The Kier molecular flexibility index (Phi) is 6.12. The number of carbonyl (C=O) groups excluding carboxylic acids is 1. The van der Waals surface area contributed by atoms with Gasteiger partial charge < -0.3 is 4.74 Å². The van der Waals surface area contributed by atoms with Gasteiger partial charge in [0, 0.05) is 0 Å². The van der Waals surface area contributed by atoms with Crippen LogP contribution >= 0.6 is 0 Å². The van der Waals surface area contributed by atoms with Crippen LogP contribution in [0, 0.1) is 11.7 Å². The molecule has 0 aliphatic heterocycles. The molecule has 0 aromatic heterocycles. The van der Waals surface area contributed by atoms with Crippen LogP contribution in [0.4, 0.5) is 4.39 Å². The highest BCUT2D eigenvalue weighted by Crippen LogP contribution is 2.14. The number of ketones is 1. The summed E-state index contributed by atoms with van der Waals surface area (Å²) in [6.45, 7) is 4.22. The summed E-state index contributed by atoms with van der Waals surface area (Å²) in [4.78, 5) is 10.7. The van der Waals surface area contributed by atoms with Gasteiger partial charge in [0.15, 0.2) is 5.78 Å². The van der Waals surface area contributed by atoms with E-state index in [9.17, 15) is 9.18 Å². The predicted molar refractivity (Wildman–Crippen MR) is 70.1 cm³/mol. The fourth-order valence-electron chi connectivity index (χ4n) is 1.48. The summed E-state index contributed by atoms with van der Waals surface area (Å²) in [5, 5.41) is 0. The van der Waals surface area contributed by atoms with Crippen molar-refractivity contribution in [2.24, 2.45) is 5.92 Å². The average Bonchev–Trinajstić information content (AvgIpc) is 2.34. The minimum Gasteiger partial charge on any atom is -0.493 e. The van der Waals surface area contributed by atoms with Gasteiger partial charge in [-0.15, -0.1) is 0 Å². The van der Waals surface area contributed by atoms with Crippen LogP contribution in [-0.4, -0.2) is 12.4 Å². The van der Waals surface area contributed by atoms with Crippen LogP contribution in [0.2, 0.25) is 0 Å². The maximum Gasteiger partial charge on any atom is 0.152 e. The molecule has 0 radical (unpaired) electrons. The molecule has 0 fully saturated rings. The van der Waals surface area contributed by atoms with Gasteiger partial charge in [0.05, 0.1) is 6.61 Å². The first kappa shape index (κ1) is 14.4. The topological polar surface area (TPSA) is 26.3 Å². The van der Waals surface area contributed by atoms with E-state index in [1.807, 2.05) is 6.08 Å². The maximum atomic E-state index is 12.7. The Morgan fingerprint density at radius 3 is 2.67 bits per heavy atom. The first-order valence-electron chi connectivity index (χ1n) is 6.13. The lowest BCUT2D eigenvalue weighted by atomic mass is 10.1. The van der Waals surface area contributed by atoms with Crippen LogP contribution in [-0.2, 0) is 4.79 Å². The Labute approximate surface area is 107 Å². The minimum atomic E-state index is -0.259. The van der Waals surface area contributed by atoms with Gasteiger partial charge in [0.2, 0.25) is 0 Å². The lowest BCUT2D eigenvalue weighted by Crippen LogP contribution is -2.08. The Bertz CT molecular complexity index is 395. The molecule has 1 aromatic carbocycles. The zero-order valence-corrected chi connectivity index (χ0v) is 10.9. The number of hydrogen-bond acceptors (Lipinski definition) is 2. The summed E-state index contributed by atoms with van der Waals surface area (Å²) in [7, 11) is 0. The van der Waals surface area contributed by atoms with Crippen LogP contribution < -0.4 is 4.74 Å². The monoisotopic (exact) mass is 250 g/mol. The van der Waals surface area contributed by atoms with Crippen molar-refractivity contribution in [2.75, 3.05) is 6.61 Å². The molecule has 3 heteroatoms. The summed E-state index contributed by atoms with van der Waals surface area (Å²) in [5.74, 6) is 0.893. The fraction of sp³-hybridized carbons (Fsp3) is 0.400. The molecule has 0 aliphatic carbocycles. The van der Waals surface area contributed by atoms with E-state index >= 15 is 0 Å². The van der Waals surface area contributed by atoms with E-state index in [0.717, 1.165) is 12.8 Å². The highest BCUT2D eigenvalue weighted by atomic mass is 19.1. The smallest absolute Gasteiger partial charge is 0.152 e. The first-order chi connectivity index (χ1) is 8.58. The van der Waals surface area contributed by atoms with Crippen LogP contribution in [0.25, 0.3) is 0 Å². The molecule has 2 nitrogen and oxygen atoms in total. The van der Waals surface area contributed by atoms with Crippen molar-refractivity contribution in [3.05, 3.63) is 42.2 Å². The molecular formula is C15H19FO2. The molecule has 0 saturated carbocycles. The average molecular weight is 250 g/mol. The largest absolute Gasteiger partial charge is 0.493 e. The van der Waals surface area contributed by atoms with Gasteiger partial charge in [-0.1, -0.05) is 13.0 Å². The number of hydrogen-bond donors (Lipinski definition) is 0.